The molecule has 0 unspecified atom stereocenters. The van der Waals surface area contributed by atoms with Crippen LogP contribution in [0.2, 0.25) is 0 Å². The van der Waals surface area contributed by atoms with Crippen LogP contribution in [0.5, 0.6) is 5.75 Å². The fraction of sp³-hybridized carbons (Fsp3) is 0.130. The lowest BCUT2D eigenvalue weighted by Crippen LogP contribution is -2.16. The Labute approximate surface area is 176 Å². The summed E-state index contributed by atoms with van der Waals surface area (Å²) >= 11 is 0. The van der Waals surface area contributed by atoms with Crippen LogP contribution in [0.3, 0.4) is 0 Å². The summed E-state index contributed by atoms with van der Waals surface area (Å²) in [4.78, 5) is 23.9. The number of benzene rings is 3. The third-order valence-electron chi connectivity index (χ3n) is 4.27. The zero-order chi connectivity index (χ0) is 22.4. The molecule has 0 aliphatic heterocycles. The predicted molar refractivity (Wildman–Crippen MR) is 111 cm³/mol. The first-order chi connectivity index (χ1) is 14.7. The van der Waals surface area contributed by atoms with Gasteiger partial charge in [-0.3, -0.25) is 9.59 Å². The van der Waals surface area contributed by atoms with E-state index in [0.717, 1.165) is 23.8 Å². The van der Waals surface area contributed by atoms with Crippen molar-refractivity contribution in [3.05, 3.63) is 89.5 Å². The number of carbonyl (C=O) groups excluding carboxylic acids is 2. The Balaban J connectivity index is 1.73. The molecule has 2 amide bonds. The average Bonchev–Trinajstić information content (AvgIpc) is 2.73. The molecule has 0 bridgehead atoms. The normalized spacial score (nSPS) is 11.0. The highest BCUT2D eigenvalue weighted by Gasteiger charge is 2.31. The first kappa shape index (κ1) is 21.9. The zero-order valence-electron chi connectivity index (χ0n) is 16.5. The molecule has 0 spiro atoms. The summed E-state index contributed by atoms with van der Waals surface area (Å²) in [5.41, 5.74) is 0.0478. The maximum atomic E-state index is 13.1. The van der Waals surface area contributed by atoms with Crippen LogP contribution in [0.1, 0.15) is 28.4 Å². The zero-order valence-corrected chi connectivity index (χ0v) is 16.5. The van der Waals surface area contributed by atoms with E-state index in [1.807, 2.05) is 30.3 Å². The monoisotopic (exact) mass is 428 g/mol. The van der Waals surface area contributed by atoms with Crippen molar-refractivity contribution >= 4 is 23.2 Å². The van der Waals surface area contributed by atoms with Crippen LogP contribution in [0.25, 0.3) is 0 Å². The molecule has 160 valence electrons. The van der Waals surface area contributed by atoms with E-state index in [1.54, 1.807) is 24.3 Å². The Morgan fingerprint density at radius 2 is 1.55 bits per heavy atom. The first-order valence-corrected chi connectivity index (χ1v) is 9.29. The van der Waals surface area contributed by atoms with Gasteiger partial charge >= 0.3 is 6.18 Å². The molecular formula is C23H19F3N2O3. The molecule has 3 aromatic rings. The fourth-order valence-corrected chi connectivity index (χ4v) is 2.75. The molecule has 0 aliphatic carbocycles. The standard InChI is InChI=1S/C23H19F3N2O3/c1-15(29)27-20-12-11-18(23(24,25)26)13-21(20)28-22(30)17-9-7-16(8-10-17)14-31-19-5-3-2-4-6-19/h2-13H,14H2,1H3,(H,27,29)(H,28,30). The molecule has 0 saturated carbocycles. The van der Waals surface area contributed by atoms with Gasteiger partial charge in [0.15, 0.2) is 0 Å². The van der Waals surface area contributed by atoms with Crippen molar-refractivity contribution in [2.45, 2.75) is 19.7 Å². The number of anilines is 2. The SMILES string of the molecule is CC(=O)Nc1ccc(C(F)(F)F)cc1NC(=O)c1ccc(COc2ccccc2)cc1. The molecule has 3 aromatic carbocycles. The van der Waals surface area contributed by atoms with E-state index in [0.29, 0.717) is 12.4 Å². The average molecular weight is 428 g/mol. The molecule has 0 fully saturated rings. The number of nitrogens with one attached hydrogen (secondary N) is 2. The number of alkyl halides is 3. The van der Waals surface area contributed by atoms with Crippen molar-refractivity contribution in [2.75, 3.05) is 10.6 Å². The van der Waals surface area contributed by atoms with Crippen LogP contribution in [0.4, 0.5) is 24.5 Å². The summed E-state index contributed by atoms with van der Waals surface area (Å²) in [6.07, 6.45) is -4.59. The minimum Gasteiger partial charge on any atom is -0.489 e. The highest BCUT2D eigenvalue weighted by molar-refractivity contribution is 6.07. The van der Waals surface area contributed by atoms with Gasteiger partial charge in [0, 0.05) is 12.5 Å². The van der Waals surface area contributed by atoms with Crippen LogP contribution >= 0.6 is 0 Å². The third kappa shape index (κ3) is 6.08. The van der Waals surface area contributed by atoms with Gasteiger partial charge < -0.3 is 15.4 Å². The van der Waals surface area contributed by atoms with E-state index in [9.17, 15) is 22.8 Å². The quantitative estimate of drug-likeness (QED) is 0.545. The molecule has 0 aliphatic rings. The molecule has 0 aromatic heterocycles. The highest BCUT2D eigenvalue weighted by Crippen LogP contribution is 2.34. The molecule has 5 nitrogen and oxygen atoms in total. The van der Waals surface area contributed by atoms with E-state index < -0.39 is 23.6 Å². The minimum absolute atomic E-state index is 0.0710. The number of halogens is 3. The lowest BCUT2D eigenvalue weighted by atomic mass is 10.1. The van der Waals surface area contributed by atoms with Crippen molar-refractivity contribution in [1.82, 2.24) is 0 Å². The van der Waals surface area contributed by atoms with Crippen molar-refractivity contribution in [1.29, 1.82) is 0 Å². The largest absolute Gasteiger partial charge is 0.489 e. The molecule has 0 heterocycles. The van der Waals surface area contributed by atoms with Gasteiger partial charge in [-0.1, -0.05) is 30.3 Å². The Hall–Kier alpha value is -3.81. The lowest BCUT2D eigenvalue weighted by molar-refractivity contribution is -0.137. The minimum atomic E-state index is -4.59. The number of amides is 2. The Bertz CT molecular complexity index is 1070. The number of hydrogen-bond donors (Lipinski definition) is 2. The van der Waals surface area contributed by atoms with Crippen molar-refractivity contribution in [3.63, 3.8) is 0 Å². The third-order valence-corrected chi connectivity index (χ3v) is 4.27. The topological polar surface area (TPSA) is 67.4 Å². The molecule has 0 atom stereocenters. The van der Waals surface area contributed by atoms with Gasteiger partial charge in [-0.05, 0) is 48.0 Å². The van der Waals surface area contributed by atoms with Crippen molar-refractivity contribution < 1.29 is 27.5 Å². The van der Waals surface area contributed by atoms with E-state index >= 15 is 0 Å². The predicted octanol–water partition coefficient (Wildman–Crippen LogP) is 5.50. The number of ether oxygens (including phenoxy) is 1. The van der Waals surface area contributed by atoms with Crippen LogP contribution < -0.4 is 15.4 Å². The summed E-state index contributed by atoms with van der Waals surface area (Å²) in [7, 11) is 0. The number of carbonyl (C=O) groups is 2. The van der Waals surface area contributed by atoms with Gasteiger partial charge in [-0.25, -0.2) is 0 Å². The molecule has 0 radical (unpaired) electrons. The Morgan fingerprint density at radius 3 is 2.16 bits per heavy atom. The van der Waals surface area contributed by atoms with Crippen molar-refractivity contribution in [3.8, 4) is 5.75 Å². The Kier molecular flexibility index (Phi) is 6.59. The van der Waals surface area contributed by atoms with Gasteiger partial charge in [0.2, 0.25) is 5.91 Å². The van der Waals surface area contributed by atoms with Gasteiger partial charge in [-0.15, -0.1) is 0 Å². The number of rotatable bonds is 6. The fourth-order valence-electron chi connectivity index (χ4n) is 2.75. The van der Waals surface area contributed by atoms with Gasteiger partial charge in [0.25, 0.3) is 5.91 Å². The smallest absolute Gasteiger partial charge is 0.416 e. The van der Waals surface area contributed by atoms with Crippen molar-refractivity contribution in [2.24, 2.45) is 0 Å². The summed E-state index contributed by atoms with van der Waals surface area (Å²) in [6.45, 7) is 1.52. The maximum absolute atomic E-state index is 13.1. The second kappa shape index (κ2) is 9.34. The molecule has 8 heteroatoms. The van der Waals surface area contributed by atoms with Crippen LogP contribution in [0, 0.1) is 0 Å². The van der Waals surface area contributed by atoms with E-state index in [1.165, 1.54) is 6.92 Å². The van der Waals surface area contributed by atoms with Gasteiger partial charge in [0.1, 0.15) is 12.4 Å². The van der Waals surface area contributed by atoms with Crippen LogP contribution in [-0.2, 0) is 17.6 Å². The second-order valence-electron chi connectivity index (χ2n) is 6.69. The molecule has 3 rings (SSSR count). The lowest BCUT2D eigenvalue weighted by Gasteiger charge is -2.15. The first-order valence-electron chi connectivity index (χ1n) is 9.29. The number of hydrogen-bond acceptors (Lipinski definition) is 3. The molecule has 0 saturated heterocycles. The summed E-state index contributed by atoms with van der Waals surface area (Å²) in [5.74, 6) is -0.376. The van der Waals surface area contributed by atoms with E-state index in [2.05, 4.69) is 10.6 Å². The summed E-state index contributed by atoms with van der Waals surface area (Å²) in [6, 6.07) is 18.4. The number of para-hydroxylation sites is 1. The van der Waals surface area contributed by atoms with E-state index in [-0.39, 0.29) is 16.9 Å². The highest BCUT2D eigenvalue weighted by atomic mass is 19.4. The van der Waals surface area contributed by atoms with Crippen LogP contribution in [0.15, 0.2) is 72.8 Å². The van der Waals surface area contributed by atoms with Gasteiger partial charge in [-0.2, -0.15) is 13.2 Å². The summed E-state index contributed by atoms with van der Waals surface area (Å²) in [5, 5.41) is 4.85. The summed E-state index contributed by atoms with van der Waals surface area (Å²) < 4.78 is 44.8. The second-order valence-corrected chi connectivity index (χ2v) is 6.69. The molecular weight excluding hydrogens is 409 g/mol. The maximum Gasteiger partial charge on any atom is 0.416 e. The van der Waals surface area contributed by atoms with E-state index in [4.69, 9.17) is 4.74 Å². The molecule has 2 N–H and O–H groups in total. The molecule has 31 heavy (non-hydrogen) atoms. The Morgan fingerprint density at radius 1 is 0.871 bits per heavy atom. The van der Waals surface area contributed by atoms with Gasteiger partial charge in [0.05, 0.1) is 16.9 Å². The van der Waals surface area contributed by atoms with Crippen LogP contribution in [-0.4, -0.2) is 11.8 Å².